The third kappa shape index (κ3) is 6.94. The van der Waals surface area contributed by atoms with Crippen molar-refractivity contribution in [2.75, 3.05) is 19.6 Å². The van der Waals surface area contributed by atoms with Crippen molar-refractivity contribution in [1.29, 1.82) is 5.26 Å². The molecule has 1 fully saturated rings. The Kier molecular flexibility index (Phi) is 6.29. The van der Waals surface area contributed by atoms with Crippen LogP contribution in [0.1, 0.15) is 53.9 Å². The monoisotopic (exact) mass is 265 g/mol. The highest BCUT2D eigenvalue weighted by molar-refractivity contribution is 5.07. The molecule has 1 saturated carbocycles. The third-order valence-electron chi connectivity index (χ3n) is 3.52. The average molecular weight is 265 g/mol. The Hall–Kier alpha value is -0.590. The van der Waals surface area contributed by atoms with E-state index in [1.807, 2.05) is 6.92 Å². The van der Waals surface area contributed by atoms with Gasteiger partial charge in [-0.3, -0.25) is 5.32 Å². The molecule has 0 aromatic carbocycles. The summed E-state index contributed by atoms with van der Waals surface area (Å²) in [5, 5.41) is 12.9. The maximum atomic E-state index is 9.41. The molecule has 1 aliphatic carbocycles. The summed E-state index contributed by atoms with van der Waals surface area (Å²) in [5.41, 5.74) is -0.354. The van der Waals surface area contributed by atoms with Crippen molar-refractivity contribution in [3.8, 4) is 6.07 Å². The van der Waals surface area contributed by atoms with Gasteiger partial charge in [0.15, 0.2) is 0 Å². The van der Waals surface area contributed by atoms with Gasteiger partial charge in [0.25, 0.3) is 0 Å². The summed E-state index contributed by atoms with van der Waals surface area (Å²) in [5.74, 6) is 1.37. The predicted octanol–water partition coefficient (Wildman–Crippen LogP) is 3.02. The Bertz CT molecular complexity index is 292. The smallest absolute Gasteiger partial charge is 0.105 e. The number of rotatable bonds is 9. The average Bonchev–Trinajstić information content (AvgIpc) is 3.08. The van der Waals surface area contributed by atoms with Gasteiger partial charge in [0.1, 0.15) is 5.54 Å². The summed E-state index contributed by atoms with van der Waals surface area (Å²) in [6.07, 6.45) is 3.39. The van der Waals surface area contributed by atoms with Crippen LogP contribution in [-0.2, 0) is 0 Å². The molecule has 0 saturated heterocycles. The van der Waals surface area contributed by atoms with Crippen LogP contribution in [0.15, 0.2) is 0 Å². The standard InChI is InChI=1S/C16H31N3/c1-13(2)10-19(11-14(3)4)9-8-16(5,12-17)18-15-6-7-15/h13-15,18H,6-11H2,1-5H3. The van der Waals surface area contributed by atoms with Crippen LogP contribution < -0.4 is 5.32 Å². The minimum absolute atomic E-state index is 0.354. The summed E-state index contributed by atoms with van der Waals surface area (Å²) >= 11 is 0. The van der Waals surface area contributed by atoms with Gasteiger partial charge >= 0.3 is 0 Å². The fourth-order valence-electron chi connectivity index (χ4n) is 2.51. The topological polar surface area (TPSA) is 39.1 Å². The maximum Gasteiger partial charge on any atom is 0.105 e. The molecule has 1 unspecified atom stereocenters. The van der Waals surface area contributed by atoms with E-state index in [1.165, 1.54) is 12.8 Å². The Morgan fingerprint density at radius 3 is 2.11 bits per heavy atom. The molecule has 0 aliphatic heterocycles. The molecule has 0 aromatic rings. The molecule has 0 bridgehead atoms. The van der Waals surface area contributed by atoms with Crippen molar-refractivity contribution in [1.82, 2.24) is 10.2 Å². The summed E-state index contributed by atoms with van der Waals surface area (Å²) < 4.78 is 0. The molecular formula is C16H31N3. The first-order valence-corrected chi connectivity index (χ1v) is 7.76. The number of nitriles is 1. The zero-order valence-electron chi connectivity index (χ0n) is 13.4. The number of hydrogen-bond acceptors (Lipinski definition) is 3. The molecule has 110 valence electrons. The zero-order valence-corrected chi connectivity index (χ0v) is 13.4. The van der Waals surface area contributed by atoms with Crippen molar-refractivity contribution < 1.29 is 0 Å². The van der Waals surface area contributed by atoms with E-state index in [2.05, 4.69) is 44.0 Å². The second kappa shape index (κ2) is 7.26. The molecule has 19 heavy (non-hydrogen) atoms. The summed E-state index contributed by atoms with van der Waals surface area (Å²) in [6.45, 7) is 14.4. The molecule has 3 heteroatoms. The molecule has 1 atom stereocenters. The predicted molar refractivity (Wildman–Crippen MR) is 80.9 cm³/mol. The van der Waals surface area contributed by atoms with Crippen LogP contribution in [0.3, 0.4) is 0 Å². The van der Waals surface area contributed by atoms with Crippen molar-refractivity contribution >= 4 is 0 Å². The van der Waals surface area contributed by atoms with Crippen LogP contribution >= 0.6 is 0 Å². The summed E-state index contributed by atoms with van der Waals surface area (Å²) in [4.78, 5) is 2.51. The van der Waals surface area contributed by atoms with Crippen LogP contribution in [0.25, 0.3) is 0 Å². The third-order valence-corrected chi connectivity index (χ3v) is 3.52. The van der Waals surface area contributed by atoms with Gasteiger partial charge in [-0.2, -0.15) is 5.26 Å². The van der Waals surface area contributed by atoms with Gasteiger partial charge in [-0.05, 0) is 38.0 Å². The van der Waals surface area contributed by atoms with Gasteiger partial charge in [-0.1, -0.05) is 27.7 Å². The number of nitrogens with one attached hydrogen (secondary N) is 1. The molecule has 0 amide bonds. The SMILES string of the molecule is CC(C)CN(CCC(C)(C#N)NC1CC1)CC(C)C. The van der Waals surface area contributed by atoms with E-state index < -0.39 is 0 Å². The molecule has 0 heterocycles. The highest BCUT2D eigenvalue weighted by Crippen LogP contribution is 2.24. The van der Waals surface area contributed by atoms with Gasteiger partial charge < -0.3 is 4.90 Å². The molecule has 0 spiro atoms. The lowest BCUT2D eigenvalue weighted by Gasteiger charge is -2.30. The van der Waals surface area contributed by atoms with Crippen molar-refractivity contribution in [2.45, 2.75) is 65.5 Å². The Morgan fingerprint density at radius 2 is 1.74 bits per heavy atom. The van der Waals surface area contributed by atoms with Crippen LogP contribution in [-0.4, -0.2) is 36.1 Å². The van der Waals surface area contributed by atoms with E-state index in [0.29, 0.717) is 17.9 Å². The van der Waals surface area contributed by atoms with Crippen LogP contribution in [0.5, 0.6) is 0 Å². The second-order valence-electron chi connectivity index (χ2n) is 7.16. The van der Waals surface area contributed by atoms with Gasteiger partial charge in [0.05, 0.1) is 6.07 Å². The largest absolute Gasteiger partial charge is 0.303 e. The van der Waals surface area contributed by atoms with E-state index in [9.17, 15) is 5.26 Å². The maximum absolute atomic E-state index is 9.41. The van der Waals surface area contributed by atoms with E-state index in [4.69, 9.17) is 0 Å². The van der Waals surface area contributed by atoms with Crippen molar-refractivity contribution in [3.63, 3.8) is 0 Å². The molecular weight excluding hydrogens is 234 g/mol. The van der Waals surface area contributed by atoms with E-state index in [0.717, 1.165) is 26.1 Å². The Labute approximate surface area is 119 Å². The molecule has 1 N–H and O–H groups in total. The van der Waals surface area contributed by atoms with Crippen molar-refractivity contribution in [3.05, 3.63) is 0 Å². The van der Waals surface area contributed by atoms with Crippen LogP contribution in [0.2, 0.25) is 0 Å². The first-order valence-electron chi connectivity index (χ1n) is 7.76. The van der Waals surface area contributed by atoms with Gasteiger partial charge in [-0.15, -0.1) is 0 Å². The number of nitrogens with zero attached hydrogens (tertiary/aromatic N) is 2. The van der Waals surface area contributed by atoms with Gasteiger partial charge in [0, 0.05) is 25.7 Å². The highest BCUT2D eigenvalue weighted by atomic mass is 15.1. The van der Waals surface area contributed by atoms with Crippen LogP contribution in [0.4, 0.5) is 0 Å². The lowest BCUT2D eigenvalue weighted by molar-refractivity contribution is 0.200. The minimum atomic E-state index is -0.354. The highest BCUT2D eigenvalue weighted by Gasteiger charge is 2.32. The van der Waals surface area contributed by atoms with Gasteiger partial charge in [0.2, 0.25) is 0 Å². The quantitative estimate of drug-likeness (QED) is 0.696. The fraction of sp³-hybridized carbons (Fsp3) is 0.938. The second-order valence-corrected chi connectivity index (χ2v) is 7.16. The first-order chi connectivity index (χ1) is 8.84. The molecule has 0 radical (unpaired) electrons. The molecule has 1 rings (SSSR count). The van der Waals surface area contributed by atoms with E-state index >= 15 is 0 Å². The van der Waals surface area contributed by atoms with E-state index in [1.54, 1.807) is 0 Å². The molecule has 1 aliphatic rings. The minimum Gasteiger partial charge on any atom is -0.303 e. The van der Waals surface area contributed by atoms with Gasteiger partial charge in [-0.25, -0.2) is 0 Å². The number of hydrogen-bond donors (Lipinski definition) is 1. The summed E-state index contributed by atoms with van der Waals surface area (Å²) in [6, 6.07) is 3.07. The lowest BCUT2D eigenvalue weighted by Crippen LogP contribution is -2.45. The zero-order chi connectivity index (χ0) is 14.5. The van der Waals surface area contributed by atoms with Crippen LogP contribution in [0, 0.1) is 23.2 Å². The summed E-state index contributed by atoms with van der Waals surface area (Å²) in [7, 11) is 0. The molecule has 3 nitrogen and oxygen atoms in total. The normalized spacial score (nSPS) is 18.9. The first kappa shape index (κ1) is 16.5. The fourth-order valence-corrected chi connectivity index (χ4v) is 2.51. The Balaban J connectivity index is 2.45. The molecule has 0 aromatic heterocycles. The van der Waals surface area contributed by atoms with E-state index in [-0.39, 0.29) is 5.54 Å². The Morgan fingerprint density at radius 1 is 1.21 bits per heavy atom. The van der Waals surface area contributed by atoms with Crippen molar-refractivity contribution in [2.24, 2.45) is 11.8 Å². The lowest BCUT2D eigenvalue weighted by atomic mass is 9.98.